The lowest BCUT2D eigenvalue weighted by molar-refractivity contribution is 0.0402. The van der Waals surface area contributed by atoms with Crippen molar-refractivity contribution in [2.24, 2.45) is 0 Å². The average molecular weight is 586 g/mol. The van der Waals surface area contributed by atoms with Crippen LogP contribution in [0.3, 0.4) is 0 Å². The van der Waals surface area contributed by atoms with E-state index in [0.717, 1.165) is 62.4 Å². The standard InChI is InChI=1S/C29H36ClN5O4S/c1-3-39-22-4-5-23(24(30)14-22)26-15-25-27(40-26)28(36)35(18-31-25)21-7-11-34(17-21)29(37)32(2)20-6-10-33(16-20)19-8-12-38-13-9-19/h4-5,14-15,18-21H,3,6-13,16-17H2,1-2H3/t20-,21-/m0/s1. The van der Waals surface area contributed by atoms with E-state index in [1.54, 1.807) is 17.0 Å². The second-order valence-corrected chi connectivity index (χ2v) is 12.4. The van der Waals surface area contributed by atoms with Crippen LogP contribution in [-0.2, 0) is 4.74 Å². The van der Waals surface area contributed by atoms with Crippen molar-refractivity contribution < 1.29 is 14.3 Å². The zero-order chi connectivity index (χ0) is 27.8. The molecule has 0 bridgehead atoms. The van der Waals surface area contributed by atoms with Gasteiger partial charge in [0.2, 0.25) is 0 Å². The summed E-state index contributed by atoms with van der Waals surface area (Å²) in [4.78, 5) is 38.8. The zero-order valence-corrected chi connectivity index (χ0v) is 24.6. The number of rotatable bonds is 6. The molecule has 3 aromatic rings. The third-order valence-electron chi connectivity index (χ3n) is 8.56. The summed E-state index contributed by atoms with van der Waals surface area (Å²) in [5, 5.41) is 0.574. The highest BCUT2D eigenvalue weighted by molar-refractivity contribution is 7.22. The van der Waals surface area contributed by atoms with Gasteiger partial charge in [0.25, 0.3) is 5.56 Å². The Kier molecular flexibility index (Phi) is 8.03. The van der Waals surface area contributed by atoms with Gasteiger partial charge in [0.05, 0.1) is 29.5 Å². The Labute approximate surface area is 243 Å². The van der Waals surface area contributed by atoms with Crippen molar-refractivity contribution in [2.75, 3.05) is 53.0 Å². The van der Waals surface area contributed by atoms with Gasteiger partial charge >= 0.3 is 6.03 Å². The molecule has 1 aromatic carbocycles. The number of benzene rings is 1. The van der Waals surface area contributed by atoms with Crippen LogP contribution >= 0.6 is 22.9 Å². The lowest BCUT2D eigenvalue weighted by atomic mass is 10.1. The number of hydrogen-bond acceptors (Lipinski definition) is 7. The van der Waals surface area contributed by atoms with Gasteiger partial charge in [-0.1, -0.05) is 11.6 Å². The first kappa shape index (κ1) is 27.5. The van der Waals surface area contributed by atoms with Gasteiger partial charge in [0.1, 0.15) is 10.4 Å². The number of aromatic nitrogens is 2. The third-order valence-corrected chi connectivity index (χ3v) is 10.0. The number of carbonyl (C=O) groups excluding carboxylic acids is 1. The fraction of sp³-hybridized carbons (Fsp3) is 0.552. The fourth-order valence-corrected chi connectivity index (χ4v) is 7.67. The minimum absolute atomic E-state index is 0.0481. The Hall–Kier alpha value is -2.66. The van der Waals surface area contributed by atoms with Crippen LogP contribution in [-0.4, -0.2) is 95.4 Å². The highest BCUT2D eigenvalue weighted by Gasteiger charge is 2.36. The summed E-state index contributed by atoms with van der Waals surface area (Å²) in [5.41, 5.74) is 1.44. The fourth-order valence-electron chi connectivity index (χ4n) is 6.26. The molecule has 3 saturated heterocycles. The van der Waals surface area contributed by atoms with E-state index in [2.05, 4.69) is 9.88 Å². The van der Waals surface area contributed by atoms with Gasteiger partial charge < -0.3 is 19.3 Å². The molecule has 0 aliphatic carbocycles. The molecule has 3 fully saturated rings. The van der Waals surface area contributed by atoms with Gasteiger partial charge in [-0.25, -0.2) is 9.78 Å². The summed E-state index contributed by atoms with van der Waals surface area (Å²) in [5.74, 6) is 0.716. The summed E-state index contributed by atoms with van der Waals surface area (Å²) < 4.78 is 13.4. The number of hydrogen-bond donors (Lipinski definition) is 0. The Morgan fingerprint density at radius 1 is 1.15 bits per heavy atom. The lowest BCUT2D eigenvalue weighted by Crippen LogP contribution is -2.47. The summed E-state index contributed by atoms with van der Waals surface area (Å²) in [6, 6.07) is 8.25. The van der Waals surface area contributed by atoms with Crippen molar-refractivity contribution in [3.8, 4) is 16.2 Å². The Bertz CT molecular complexity index is 1440. The second kappa shape index (κ2) is 11.7. The molecule has 0 radical (unpaired) electrons. The summed E-state index contributed by atoms with van der Waals surface area (Å²) in [6.07, 6.45) is 5.51. The maximum absolute atomic E-state index is 13.5. The van der Waals surface area contributed by atoms with Gasteiger partial charge in [0.15, 0.2) is 0 Å². The predicted molar refractivity (Wildman–Crippen MR) is 158 cm³/mol. The van der Waals surface area contributed by atoms with Crippen molar-refractivity contribution in [1.82, 2.24) is 24.3 Å². The first-order chi connectivity index (χ1) is 19.4. The third kappa shape index (κ3) is 5.34. The highest BCUT2D eigenvalue weighted by Crippen LogP contribution is 2.37. The molecule has 6 rings (SSSR count). The van der Waals surface area contributed by atoms with Crippen LogP contribution in [0.5, 0.6) is 5.75 Å². The van der Waals surface area contributed by atoms with Gasteiger partial charge in [-0.2, -0.15) is 0 Å². The van der Waals surface area contributed by atoms with Crippen molar-refractivity contribution in [2.45, 2.75) is 50.7 Å². The van der Waals surface area contributed by atoms with Crippen LogP contribution in [0.4, 0.5) is 4.79 Å². The van der Waals surface area contributed by atoms with E-state index in [9.17, 15) is 9.59 Å². The van der Waals surface area contributed by atoms with Crippen LogP contribution in [0.25, 0.3) is 20.7 Å². The van der Waals surface area contributed by atoms with E-state index < -0.39 is 0 Å². The number of urea groups is 1. The first-order valence-corrected chi connectivity index (χ1v) is 15.4. The number of nitrogens with zero attached hydrogens (tertiary/aromatic N) is 5. The number of halogens is 1. The molecule has 2 aromatic heterocycles. The van der Waals surface area contributed by atoms with E-state index in [0.29, 0.717) is 46.7 Å². The maximum atomic E-state index is 13.5. The number of likely N-dealkylation sites (N-methyl/N-ethyl adjacent to an activating group) is 1. The molecule has 3 aliphatic rings. The van der Waals surface area contributed by atoms with Crippen molar-refractivity contribution in [1.29, 1.82) is 0 Å². The molecule has 5 heterocycles. The van der Waals surface area contributed by atoms with Gasteiger partial charge in [-0.15, -0.1) is 11.3 Å². The van der Waals surface area contributed by atoms with E-state index in [-0.39, 0.29) is 23.7 Å². The van der Waals surface area contributed by atoms with Crippen molar-refractivity contribution in [3.63, 3.8) is 0 Å². The molecule has 0 N–H and O–H groups in total. The molecule has 214 valence electrons. The minimum Gasteiger partial charge on any atom is -0.494 e. The quantitative estimate of drug-likeness (QED) is 0.416. The topological polar surface area (TPSA) is 80.1 Å². The highest BCUT2D eigenvalue weighted by atomic mass is 35.5. The lowest BCUT2D eigenvalue weighted by Gasteiger charge is -2.33. The summed E-state index contributed by atoms with van der Waals surface area (Å²) in [6.45, 7) is 7.25. The summed E-state index contributed by atoms with van der Waals surface area (Å²) in [7, 11) is 1.92. The maximum Gasteiger partial charge on any atom is 0.320 e. The normalized spacial score (nSPS) is 22.3. The van der Waals surface area contributed by atoms with Crippen LogP contribution in [0.2, 0.25) is 5.02 Å². The first-order valence-electron chi connectivity index (χ1n) is 14.2. The Balaban J connectivity index is 1.13. The molecule has 3 aliphatic heterocycles. The minimum atomic E-state index is -0.0938. The Morgan fingerprint density at radius 2 is 1.98 bits per heavy atom. The van der Waals surface area contributed by atoms with Crippen molar-refractivity contribution >= 4 is 39.2 Å². The van der Waals surface area contributed by atoms with Crippen molar-refractivity contribution in [3.05, 3.63) is 46.0 Å². The van der Waals surface area contributed by atoms with E-state index in [1.807, 2.05) is 42.0 Å². The van der Waals surface area contributed by atoms with Gasteiger partial charge in [-0.05, 0) is 56.9 Å². The molecule has 11 heteroatoms. The van der Waals surface area contributed by atoms with Gasteiger partial charge in [0, 0.05) is 69.0 Å². The molecule has 9 nitrogen and oxygen atoms in total. The van der Waals surface area contributed by atoms with E-state index >= 15 is 0 Å². The number of ether oxygens (including phenoxy) is 2. The van der Waals surface area contributed by atoms with E-state index in [1.165, 1.54) is 11.3 Å². The smallest absolute Gasteiger partial charge is 0.320 e. The molecule has 2 atom stereocenters. The molecule has 2 amide bonds. The predicted octanol–water partition coefficient (Wildman–Crippen LogP) is 4.73. The second-order valence-electron chi connectivity index (χ2n) is 10.9. The van der Waals surface area contributed by atoms with Crippen LogP contribution in [0.15, 0.2) is 35.4 Å². The Morgan fingerprint density at radius 3 is 2.75 bits per heavy atom. The van der Waals surface area contributed by atoms with Crippen LogP contribution < -0.4 is 10.3 Å². The van der Waals surface area contributed by atoms with Crippen LogP contribution in [0.1, 0.15) is 38.6 Å². The average Bonchev–Trinajstić information content (AvgIpc) is 3.73. The molecular weight excluding hydrogens is 550 g/mol. The molecular formula is C29H36ClN5O4S. The monoisotopic (exact) mass is 585 g/mol. The largest absolute Gasteiger partial charge is 0.494 e. The summed E-state index contributed by atoms with van der Waals surface area (Å²) >= 11 is 7.94. The SMILES string of the molecule is CCOc1ccc(-c2cc3ncn([C@H]4CCN(C(=O)N(C)[C@H]5CCN(C6CCOCC6)C5)C4)c(=O)c3s2)c(Cl)c1. The zero-order valence-electron chi connectivity index (χ0n) is 23.1. The van der Waals surface area contributed by atoms with Gasteiger partial charge in [-0.3, -0.25) is 14.3 Å². The molecule has 40 heavy (non-hydrogen) atoms. The number of fused-ring (bicyclic) bond motifs is 1. The molecule has 0 unspecified atom stereocenters. The van der Waals surface area contributed by atoms with E-state index in [4.69, 9.17) is 21.1 Å². The number of amides is 2. The number of carbonyl (C=O) groups is 1. The molecule has 0 saturated carbocycles. The number of thiophene rings is 1. The van der Waals surface area contributed by atoms with Crippen LogP contribution in [0, 0.1) is 0 Å². The number of likely N-dealkylation sites (tertiary alicyclic amines) is 2. The molecule has 0 spiro atoms.